The van der Waals surface area contributed by atoms with Crippen LogP contribution in [0.15, 0.2) is 41.8 Å². The molecule has 0 atom stereocenters. The lowest BCUT2D eigenvalue weighted by molar-refractivity contribution is -0.147. The molecule has 6 nitrogen and oxygen atoms in total. The van der Waals surface area contributed by atoms with Crippen LogP contribution in [0.4, 0.5) is 5.69 Å². The summed E-state index contributed by atoms with van der Waals surface area (Å²) in [6.07, 6.45) is 0.0198. The molecule has 24 heavy (non-hydrogen) atoms. The fraction of sp³-hybridized carbons (Fsp3) is 0.235. The van der Waals surface area contributed by atoms with Gasteiger partial charge >= 0.3 is 5.97 Å². The van der Waals surface area contributed by atoms with E-state index >= 15 is 0 Å². The number of ketones is 1. The number of methoxy groups -OCH3 is 1. The van der Waals surface area contributed by atoms with Gasteiger partial charge in [-0.05, 0) is 35.7 Å². The SMILES string of the molecule is COc1ccc(NC(=O)COC(=O)CCC(=O)c2cccs2)cc1. The van der Waals surface area contributed by atoms with Crippen molar-refractivity contribution in [1.82, 2.24) is 0 Å². The number of thiophene rings is 1. The second kappa shape index (κ2) is 8.83. The zero-order valence-corrected chi connectivity index (χ0v) is 13.9. The lowest BCUT2D eigenvalue weighted by Gasteiger charge is -2.07. The molecule has 0 bridgehead atoms. The van der Waals surface area contributed by atoms with Crippen LogP contribution in [0.25, 0.3) is 0 Å². The predicted molar refractivity (Wildman–Crippen MR) is 90.5 cm³/mol. The molecule has 0 aliphatic carbocycles. The number of nitrogens with one attached hydrogen (secondary N) is 1. The van der Waals surface area contributed by atoms with Crippen LogP contribution in [0, 0.1) is 0 Å². The fourth-order valence-corrected chi connectivity index (χ4v) is 2.56. The van der Waals surface area contributed by atoms with Gasteiger partial charge in [-0.2, -0.15) is 0 Å². The van der Waals surface area contributed by atoms with Crippen LogP contribution in [0.1, 0.15) is 22.5 Å². The highest BCUT2D eigenvalue weighted by molar-refractivity contribution is 7.12. The molecule has 126 valence electrons. The summed E-state index contributed by atoms with van der Waals surface area (Å²) in [5.74, 6) is -0.456. The van der Waals surface area contributed by atoms with Crippen LogP contribution in [0.3, 0.4) is 0 Å². The van der Waals surface area contributed by atoms with E-state index in [1.165, 1.54) is 11.3 Å². The van der Waals surface area contributed by atoms with Gasteiger partial charge in [0, 0.05) is 12.1 Å². The molecular formula is C17H17NO5S. The van der Waals surface area contributed by atoms with E-state index in [-0.39, 0.29) is 18.6 Å². The first kappa shape index (κ1) is 17.7. The first-order valence-electron chi connectivity index (χ1n) is 7.24. The molecule has 1 aromatic carbocycles. The Balaban J connectivity index is 1.68. The second-order valence-corrected chi connectivity index (χ2v) is 5.79. The maximum absolute atomic E-state index is 11.8. The van der Waals surface area contributed by atoms with E-state index in [4.69, 9.17) is 9.47 Å². The summed E-state index contributed by atoms with van der Waals surface area (Å²) >= 11 is 1.33. The molecule has 0 aliphatic rings. The van der Waals surface area contributed by atoms with Crippen molar-refractivity contribution in [2.75, 3.05) is 19.0 Å². The number of ether oxygens (including phenoxy) is 2. The number of benzene rings is 1. The number of hydrogen-bond donors (Lipinski definition) is 1. The van der Waals surface area contributed by atoms with Crippen LogP contribution >= 0.6 is 11.3 Å². The lowest BCUT2D eigenvalue weighted by Crippen LogP contribution is -2.21. The second-order valence-electron chi connectivity index (χ2n) is 4.84. The molecule has 1 amide bonds. The highest BCUT2D eigenvalue weighted by Gasteiger charge is 2.12. The van der Waals surface area contributed by atoms with Crippen molar-refractivity contribution in [2.24, 2.45) is 0 Å². The van der Waals surface area contributed by atoms with Gasteiger partial charge in [-0.3, -0.25) is 14.4 Å². The number of rotatable bonds is 8. The number of anilines is 1. The number of carbonyl (C=O) groups excluding carboxylic acids is 3. The van der Waals surface area contributed by atoms with Gasteiger partial charge in [-0.25, -0.2) is 0 Å². The quantitative estimate of drug-likeness (QED) is 0.586. The largest absolute Gasteiger partial charge is 0.497 e. The van der Waals surface area contributed by atoms with Crippen molar-refractivity contribution < 1.29 is 23.9 Å². The fourth-order valence-electron chi connectivity index (χ4n) is 1.87. The summed E-state index contributed by atoms with van der Waals surface area (Å²) in [5, 5.41) is 4.40. The molecule has 1 heterocycles. The average Bonchev–Trinajstić information content (AvgIpc) is 3.13. The van der Waals surface area contributed by atoms with E-state index in [1.54, 1.807) is 48.9 Å². The van der Waals surface area contributed by atoms with Crippen molar-refractivity contribution in [3.63, 3.8) is 0 Å². The van der Waals surface area contributed by atoms with Gasteiger partial charge in [-0.1, -0.05) is 6.07 Å². The van der Waals surface area contributed by atoms with E-state index in [9.17, 15) is 14.4 Å². The van der Waals surface area contributed by atoms with Crippen LogP contribution in [-0.4, -0.2) is 31.4 Å². The Hall–Kier alpha value is -2.67. The van der Waals surface area contributed by atoms with Crippen molar-refractivity contribution in [3.8, 4) is 5.75 Å². The Kier molecular flexibility index (Phi) is 6.51. The van der Waals surface area contributed by atoms with Crippen LogP contribution in [0.5, 0.6) is 5.75 Å². The minimum atomic E-state index is -0.579. The van der Waals surface area contributed by atoms with Gasteiger partial charge in [0.25, 0.3) is 5.91 Å². The van der Waals surface area contributed by atoms with E-state index in [0.29, 0.717) is 16.3 Å². The van der Waals surface area contributed by atoms with Crippen molar-refractivity contribution in [3.05, 3.63) is 46.7 Å². The molecule has 0 radical (unpaired) electrons. The maximum atomic E-state index is 11.8. The van der Waals surface area contributed by atoms with E-state index in [2.05, 4.69) is 5.32 Å². The molecule has 0 saturated carbocycles. The molecule has 1 aromatic heterocycles. The van der Waals surface area contributed by atoms with Crippen LogP contribution in [-0.2, 0) is 14.3 Å². The number of esters is 1. The molecule has 1 N–H and O–H groups in total. The zero-order valence-electron chi connectivity index (χ0n) is 13.1. The molecule has 0 fully saturated rings. The monoisotopic (exact) mass is 347 g/mol. The van der Waals surface area contributed by atoms with E-state index in [1.807, 2.05) is 0 Å². The topological polar surface area (TPSA) is 81.7 Å². The third-order valence-corrected chi connectivity index (χ3v) is 4.00. The number of Topliss-reactive ketones (excluding diaryl/α,β-unsaturated/α-hetero) is 1. The minimum Gasteiger partial charge on any atom is -0.497 e. The highest BCUT2D eigenvalue weighted by atomic mass is 32.1. The highest BCUT2D eigenvalue weighted by Crippen LogP contribution is 2.15. The summed E-state index contributed by atoms with van der Waals surface area (Å²) in [6.45, 7) is -0.391. The lowest BCUT2D eigenvalue weighted by atomic mass is 10.2. The summed E-state index contributed by atoms with van der Waals surface area (Å²) in [5.41, 5.74) is 0.574. The molecule has 0 spiro atoms. The number of amides is 1. The Bertz CT molecular complexity index is 694. The van der Waals surface area contributed by atoms with Gasteiger partial charge in [0.2, 0.25) is 0 Å². The molecule has 0 saturated heterocycles. The Morgan fingerprint density at radius 3 is 2.46 bits per heavy atom. The van der Waals surface area contributed by atoms with Gasteiger partial charge in [0.1, 0.15) is 5.75 Å². The third kappa shape index (κ3) is 5.51. The first-order chi connectivity index (χ1) is 11.6. The van der Waals surface area contributed by atoms with Gasteiger partial charge in [-0.15, -0.1) is 11.3 Å². The molecule has 7 heteroatoms. The third-order valence-electron chi connectivity index (χ3n) is 3.09. The van der Waals surface area contributed by atoms with Crippen LogP contribution < -0.4 is 10.1 Å². The standard InChI is InChI=1S/C17H17NO5S/c1-22-13-6-4-12(5-7-13)18-16(20)11-23-17(21)9-8-14(19)15-3-2-10-24-15/h2-7,10H,8-9,11H2,1H3,(H,18,20). The van der Waals surface area contributed by atoms with Crippen molar-refractivity contribution >= 4 is 34.7 Å². The van der Waals surface area contributed by atoms with E-state index < -0.39 is 18.5 Å². The van der Waals surface area contributed by atoms with Crippen molar-refractivity contribution in [1.29, 1.82) is 0 Å². The molecule has 2 aromatic rings. The Morgan fingerprint density at radius 2 is 1.83 bits per heavy atom. The summed E-state index contributed by atoms with van der Waals surface area (Å²) in [7, 11) is 1.55. The molecular weight excluding hydrogens is 330 g/mol. The minimum absolute atomic E-state index is 0.0491. The average molecular weight is 347 g/mol. The zero-order chi connectivity index (χ0) is 17.4. The Morgan fingerprint density at radius 1 is 1.08 bits per heavy atom. The van der Waals surface area contributed by atoms with E-state index in [0.717, 1.165) is 0 Å². The summed E-state index contributed by atoms with van der Waals surface area (Å²) in [4.78, 5) is 35.7. The predicted octanol–water partition coefficient (Wildman–Crippen LogP) is 2.90. The molecule has 0 aliphatic heterocycles. The summed E-state index contributed by atoms with van der Waals surface area (Å²) in [6, 6.07) is 10.3. The van der Waals surface area contributed by atoms with Gasteiger partial charge < -0.3 is 14.8 Å². The number of carbonyl (C=O) groups is 3. The summed E-state index contributed by atoms with van der Waals surface area (Å²) < 4.78 is 9.88. The van der Waals surface area contributed by atoms with Crippen LogP contribution in [0.2, 0.25) is 0 Å². The smallest absolute Gasteiger partial charge is 0.306 e. The van der Waals surface area contributed by atoms with Gasteiger partial charge in [0.15, 0.2) is 12.4 Å². The molecule has 0 unspecified atom stereocenters. The number of hydrogen-bond acceptors (Lipinski definition) is 6. The molecule has 2 rings (SSSR count). The Labute approximate surface area is 143 Å². The van der Waals surface area contributed by atoms with Gasteiger partial charge in [0.05, 0.1) is 18.4 Å². The van der Waals surface area contributed by atoms with Crippen molar-refractivity contribution in [2.45, 2.75) is 12.8 Å². The first-order valence-corrected chi connectivity index (χ1v) is 8.12. The normalized spacial score (nSPS) is 10.0. The maximum Gasteiger partial charge on any atom is 0.306 e.